The summed E-state index contributed by atoms with van der Waals surface area (Å²) >= 11 is 0. The molecule has 1 aromatic rings. The SMILES string of the molecule is CNC(c1cncnc1)C12CC3CC(CC(C3)C1)C2. The Kier molecular flexibility index (Phi) is 2.66. The Morgan fingerprint density at radius 1 is 1.05 bits per heavy atom. The van der Waals surface area contributed by atoms with Gasteiger partial charge in [-0.25, -0.2) is 9.97 Å². The minimum atomic E-state index is 0.446. The molecule has 0 amide bonds. The van der Waals surface area contributed by atoms with E-state index in [0.29, 0.717) is 11.5 Å². The van der Waals surface area contributed by atoms with Crippen LogP contribution in [0.5, 0.6) is 0 Å². The molecule has 3 heteroatoms. The molecule has 4 bridgehead atoms. The summed E-state index contributed by atoms with van der Waals surface area (Å²) in [5, 5.41) is 3.60. The lowest BCUT2D eigenvalue weighted by atomic mass is 9.47. The molecule has 1 N–H and O–H groups in total. The van der Waals surface area contributed by atoms with Gasteiger partial charge in [-0.1, -0.05) is 0 Å². The van der Waals surface area contributed by atoms with Crippen molar-refractivity contribution in [1.29, 1.82) is 0 Å². The molecule has 1 atom stereocenters. The maximum atomic E-state index is 4.23. The Morgan fingerprint density at radius 3 is 2.05 bits per heavy atom. The molecule has 4 aliphatic carbocycles. The highest BCUT2D eigenvalue weighted by Gasteiger charge is 2.54. The Bertz CT molecular complexity index is 421. The lowest BCUT2D eigenvalue weighted by Crippen LogP contribution is -2.51. The molecule has 1 aromatic heterocycles. The molecule has 4 fully saturated rings. The third-order valence-corrected chi connectivity index (χ3v) is 5.90. The van der Waals surface area contributed by atoms with E-state index < -0.39 is 0 Å². The fraction of sp³-hybridized carbons (Fsp3) is 0.750. The highest BCUT2D eigenvalue weighted by atomic mass is 14.9. The highest BCUT2D eigenvalue weighted by molar-refractivity contribution is 5.18. The van der Waals surface area contributed by atoms with E-state index in [4.69, 9.17) is 0 Å². The topological polar surface area (TPSA) is 37.8 Å². The smallest absolute Gasteiger partial charge is 0.115 e. The second-order valence-electron chi connectivity index (χ2n) is 7.17. The van der Waals surface area contributed by atoms with E-state index >= 15 is 0 Å². The van der Waals surface area contributed by atoms with Crippen LogP contribution in [0.3, 0.4) is 0 Å². The predicted octanol–water partition coefficient (Wildman–Crippen LogP) is 2.95. The molecular formula is C16H23N3. The van der Waals surface area contributed by atoms with Crippen molar-refractivity contribution in [3.63, 3.8) is 0 Å². The number of nitrogens with zero attached hydrogens (tertiary/aromatic N) is 2. The molecule has 0 aromatic carbocycles. The van der Waals surface area contributed by atoms with Crippen molar-refractivity contribution in [3.8, 4) is 0 Å². The van der Waals surface area contributed by atoms with Crippen LogP contribution in [0, 0.1) is 23.2 Å². The molecule has 4 saturated carbocycles. The molecule has 3 nitrogen and oxygen atoms in total. The summed E-state index contributed by atoms with van der Waals surface area (Å²) < 4.78 is 0. The molecule has 0 spiro atoms. The molecule has 1 heterocycles. The van der Waals surface area contributed by atoms with Gasteiger partial charge in [0, 0.05) is 24.0 Å². The standard InChI is InChI=1S/C16H23N3/c1-17-15(14-8-18-10-19-9-14)16-5-11-2-12(6-16)4-13(3-11)7-16/h8-13,15,17H,2-7H2,1H3. The molecule has 4 aliphatic rings. The van der Waals surface area contributed by atoms with Crippen LogP contribution in [0.1, 0.15) is 50.1 Å². The van der Waals surface area contributed by atoms with Crippen molar-refractivity contribution in [2.45, 2.75) is 44.6 Å². The molecular weight excluding hydrogens is 234 g/mol. The van der Waals surface area contributed by atoms with Gasteiger partial charge in [-0.2, -0.15) is 0 Å². The largest absolute Gasteiger partial charge is 0.312 e. The van der Waals surface area contributed by atoms with Crippen LogP contribution >= 0.6 is 0 Å². The van der Waals surface area contributed by atoms with Crippen molar-refractivity contribution in [2.24, 2.45) is 23.2 Å². The van der Waals surface area contributed by atoms with E-state index in [1.54, 1.807) is 6.33 Å². The second kappa shape index (κ2) is 4.27. The number of aromatic nitrogens is 2. The molecule has 0 saturated heterocycles. The fourth-order valence-electron chi connectivity index (χ4n) is 5.82. The Morgan fingerprint density at radius 2 is 1.58 bits per heavy atom. The van der Waals surface area contributed by atoms with E-state index in [2.05, 4.69) is 22.3 Å². The van der Waals surface area contributed by atoms with Gasteiger partial charge in [0.05, 0.1) is 0 Å². The monoisotopic (exact) mass is 257 g/mol. The zero-order valence-corrected chi connectivity index (χ0v) is 11.7. The van der Waals surface area contributed by atoms with Crippen LogP contribution in [-0.2, 0) is 0 Å². The van der Waals surface area contributed by atoms with Crippen molar-refractivity contribution >= 4 is 0 Å². The van der Waals surface area contributed by atoms with Gasteiger partial charge in [0.2, 0.25) is 0 Å². The lowest BCUT2D eigenvalue weighted by molar-refractivity contribution is -0.0737. The maximum absolute atomic E-state index is 4.23. The van der Waals surface area contributed by atoms with E-state index in [9.17, 15) is 0 Å². The first-order valence-corrected chi connectivity index (χ1v) is 7.71. The minimum Gasteiger partial charge on any atom is -0.312 e. The lowest BCUT2D eigenvalue weighted by Gasteiger charge is -2.59. The van der Waals surface area contributed by atoms with Crippen LogP contribution in [-0.4, -0.2) is 17.0 Å². The van der Waals surface area contributed by atoms with E-state index in [0.717, 1.165) is 17.8 Å². The molecule has 19 heavy (non-hydrogen) atoms. The first-order chi connectivity index (χ1) is 9.29. The van der Waals surface area contributed by atoms with Crippen LogP contribution in [0.15, 0.2) is 18.7 Å². The molecule has 0 radical (unpaired) electrons. The first kappa shape index (κ1) is 11.8. The van der Waals surface area contributed by atoms with E-state index in [1.165, 1.54) is 44.1 Å². The first-order valence-electron chi connectivity index (χ1n) is 7.71. The van der Waals surface area contributed by atoms with Gasteiger partial charge in [0.25, 0.3) is 0 Å². The quantitative estimate of drug-likeness (QED) is 0.904. The minimum absolute atomic E-state index is 0.446. The summed E-state index contributed by atoms with van der Waals surface area (Å²) in [5.74, 6) is 2.98. The zero-order valence-electron chi connectivity index (χ0n) is 11.7. The van der Waals surface area contributed by atoms with Crippen molar-refractivity contribution < 1.29 is 0 Å². The fourth-order valence-corrected chi connectivity index (χ4v) is 5.82. The van der Waals surface area contributed by atoms with Crippen LogP contribution in [0.4, 0.5) is 0 Å². The molecule has 102 valence electrons. The number of rotatable bonds is 3. The predicted molar refractivity (Wildman–Crippen MR) is 74.4 cm³/mol. The Balaban J connectivity index is 1.70. The van der Waals surface area contributed by atoms with Crippen molar-refractivity contribution in [3.05, 3.63) is 24.3 Å². The van der Waals surface area contributed by atoms with Gasteiger partial charge in [-0.05, 0) is 68.7 Å². The maximum Gasteiger partial charge on any atom is 0.115 e. The van der Waals surface area contributed by atoms with E-state index in [-0.39, 0.29) is 0 Å². The number of hydrogen-bond acceptors (Lipinski definition) is 3. The van der Waals surface area contributed by atoms with Crippen LogP contribution < -0.4 is 5.32 Å². The van der Waals surface area contributed by atoms with Gasteiger partial charge in [-0.3, -0.25) is 0 Å². The molecule has 5 rings (SSSR count). The summed E-state index contributed by atoms with van der Waals surface area (Å²) in [6.45, 7) is 0. The van der Waals surface area contributed by atoms with Gasteiger partial charge in [0.1, 0.15) is 6.33 Å². The number of hydrogen-bond donors (Lipinski definition) is 1. The van der Waals surface area contributed by atoms with Crippen molar-refractivity contribution in [1.82, 2.24) is 15.3 Å². The van der Waals surface area contributed by atoms with Gasteiger partial charge in [0.15, 0.2) is 0 Å². The third-order valence-electron chi connectivity index (χ3n) is 5.90. The van der Waals surface area contributed by atoms with Crippen molar-refractivity contribution in [2.75, 3.05) is 7.05 Å². The van der Waals surface area contributed by atoms with Gasteiger partial charge < -0.3 is 5.32 Å². The van der Waals surface area contributed by atoms with E-state index in [1.807, 2.05) is 12.4 Å². The zero-order chi connectivity index (χ0) is 12.9. The molecule has 0 aliphatic heterocycles. The third kappa shape index (κ3) is 1.82. The summed E-state index contributed by atoms with van der Waals surface area (Å²) in [6.07, 6.45) is 14.4. The average molecular weight is 257 g/mol. The normalized spacial score (nSPS) is 41.4. The summed E-state index contributed by atoms with van der Waals surface area (Å²) in [6, 6.07) is 0.446. The highest BCUT2D eigenvalue weighted by Crippen LogP contribution is 2.63. The summed E-state index contributed by atoms with van der Waals surface area (Å²) in [5.41, 5.74) is 1.76. The summed E-state index contributed by atoms with van der Waals surface area (Å²) in [7, 11) is 2.11. The molecule has 1 unspecified atom stereocenters. The average Bonchev–Trinajstić information content (AvgIpc) is 2.38. The summed E-state index contributed by atoms with van der Waals surface area (Å²) in [4.78, 5) is 8.46. The second-order valence-corrected chi connectivity index (χ2v) is 7.17. The Labute approximate surface area is 115 Å². The number of nitrogens with one attached hydrogen (secondary N) is 1. The van der Waals surface area contributed by atoms with Gasteiger partial charge in [-0.15, -0.1) is 0 Å². The van der Waals surface area contributed by atoms with Crippen LogP contribution in [0.2, 0.25) is 0 Å². The Hall–Kier alpha value is -0.960. The van der Waals surface area contributed by atoms with Gasteiger partial charge >= 0.3 is 0 Å². The van der Waals surface area contributed by atoms with Crippen LogP contribution in [0.25, 0.3) is 0 Å².